The number of allylic oxidation sites excluding steroid dienone is 3. The number of likely N-dealkylation sites (tertiary alicyclic amines) is 1. The Morgan fingerprint density at radius 3 is 2.67 bits per heavy atom. The molecule has 2 N–H and O–H groups in total. The molecule has 3 heterocycles. The number of aromatic nitrogens is 2. The van der Waals surface area contributed by atoms with E-state index in [0.29, 0.717) is 49.4 Å². The third-order valence-corrected chi connectivity index (χ3v) is 7.34. The van der Waals surface area contributed by atoms with Crippen LogP contribution in [0.2, 0.25) is 0 Å². The second-order valence-electron chi connectivity index (χ2n) is 10.2. The fourth-order valence-electron chi connectivity index (χ4n) is 4.92. The minimum absolute atomic E-state index is 0.0457. The van der Waals surface area contributed by atoms with Crippen LogP contribution in [0.15, 0.2) is 29.8 Å². The molecule has 0 saturated carbocycles. The highest BCUT2D eigenvalue weighted by atomic mass is 16.5. The van der Waals surface area contributed by atoms with Crippen molar-refractivity contribution in [3.8, 4) is 0 Å². The topological polar surface area (TPSA) is 103 Å². The molecule has 1 saturated heterocycles. The summed E-state index contributed by atoms with van der Waals surface area (Å²) < 4.78 is 5.65. The van der Waals surface area contributed by atoms with Gasteiger partial charge in [-0.3, -0.25) is 9.59 Å². The van der Waals surface area contributed by atoms with E-state index in [2.05, 4.69) is 46.3 Å². The average Bonchev–Trinajstić information content (AvgIpc) is 2.99. The molecule has 1 aliphatic carbocycles. The maximum Gasteiger partial charge on any atom is 0.229 e. The number of hydrogen-bond donors (Lipinski definition) is 2. The molecule has 1 unspecified atom stereocenters. The Bertz CT molecular complexity index is 1030. The second kappa shape index (κ2) is 11.4. The van der Waals surface area contributed by atoms with Gasteiger partial charge >= 0.3 is 0 Å². The molecule has 1 fully saturated rings. The lowest BCUT2D eigenvalue weighted by molar-refractivity contribution is -0.121. The number of amides is 1. The number of piperidine rings is 1. The molecule has 0 bridgehead atoms. The zero-order valence-corrected chi connectivity index (χ0v) is 22.1. The van der Waals surface area contributed by atoms with Gasteiger partial charge in [-0.2, -0.15) is 4.98 Å². The highest BCUT2D eigenvalue weighted by molar-refractivity contribution is 5.97. The van der Waals surface area contributed by atoms with Gasteiger partial charge in [0.15, 0.2) is 11.6 Å². The summed E-state index contributed by atoms with van der Waals surface area (Å²) in [5.74, 6) is 1.83. The summed E-state index contributed by atoms with van der Waals surface area (Å²) in [5, 5.41) is 6.71. The smallest absolute Gasteiger partial charge is 0.229 e. The second-order valence-corrected chi connectivity index (χ2v) is 10.2. The molecule has 1 aromatic rings. The van der Waals surface area contributed by atoms with E-state index in [9.17, 15) is 9.59 Å². The largest absolute Gasteiger partial charge is 0.499 e. The molecule has 2 aliphatic heterocycles. The number of nitrogens with zero attached hydrogens (tertiary/aromatic N) is 5. The van der Waals surface area contributed by atoms with E-state index < -0.39 is 0 Å². The lowest BCUT2D eigenvalue weighted by Crippen LogP contribution is -2.43. The zero-order chi connectivity index (χ0) is 25.8. The number of rotatable bonds is 8. The Labute approximate surface area is 213 Å². The van der Waals surface area contributed by atoms with Crippen molar-refractivity contribution in [1.82, 2.24) is 20.2 Å². The maximum atomic E-state index is 12.9. The Hall–Kier alpha value is -2.98. The number of carbonyl (C=O) groups is 2. The molecule has 1 atom stereocenters. The van der Waals surface area contributed by atoms with E-state index in [-0.39, 0.29) is 23.7 Å². The molecule has 1 amide bonds. The fraction of sp³-hybridized carbons (Fsp3) is 0.615. The molecule has 0 aromatic carbocycles. The lowest BCUT2D eigenvalue weighted by Gasteiger charge is -2.30. The number of anilines is 3. The van der Waals surface area contributed by atoms with Gasteiger partial charge in [-0.15, -0.1) is 0 Å². The first-order valence-electron chi connectivity index (χ1n) is 12.8. The third kappa shape index (κ3) is 5.87. The Morgan fingerprint density at radius 2 is 1.97 bits per heavy atom. The van der Waals surface area contributed by atoms with Gasteiger partial charge in [0, 0.05) is 44.4 Å². The van der Waals surface area contributed by atoms with Crippen molar-refractivity contribution in [3.63, 3.8) is 0 Å². The van der Waals surface area contributed by atoms with Crippen molar-refractivity contribution in [1.29, 1.82) is 0 Å². The van der Waals surface area contributed by atoms with Crippen LogP contribution in [0.1, 0.15) is 39.5 Å². The van der Waals surface area contributed by atoms with E-state index in [1.54, 1.807) is 25.3 Å². The summed E-state index contributed by atoms with van der Waals surface area (Å²) >= 11 is 0. The van der Waals surface area contributed by atoms with Crippen molar-refractivity contribution in [3.05, 3.63) is 29.8 Å². The van der Waals surface area contributed by atoms with Crippen molar-refractivity contribution in [2.75, 3.05) is 62.5 Å². The van der Waals surface area contributed by atoms with Gasteiger partial charge in [0.2, 0.25) is 11.9 Å². The van der Waals surface area contributed by atoms with Gasteiger partial charge < -0.3 is 30.1 Å². The molecular weight excluding hydrogens is 458 g/mol. The van der Waals surface area contributed by atoms with Gasteiger partial charge in [0.05, 0.1) is 25.5 Å². The van der Waals surface area contributed by atoms with Crippen LogP contribution in [0, 0.1) is 5.92 Å². The molecule has 3 aliphatic rings. The van der Waals surface area contributed by atoms with E-state index in [1.165, 1.54) is 0 Å². The van der Waals surface area contributed by atoms with Gasteiger partial charge in [-0.25, -0.2) is 4.98 Å². The lowest BCUT2D eigenvalue weighted by atomic mass is 9.93. The highest BCUT2D eigenvalue weighted by Crippen LogP contribution is 2.32. The zero-order valence-electron chi connectivity index (χ0n) is 22.1. The number of ketones is 1. The molecule has 0 radical (unpaired) electrons. The van der Waals surface area contributed by atoms with Crippen LogP contribution >= 0.6 is 0 Å². The van der Waals surface area contributed by atoms with E-state index >= 15 is 0 Å². The van der Waals surface area contributed by atoms with Crippen molar-refractivity contribution < 1.29 is 14.3 Å². The van der Waals surface area contributed by atoms with E-state index in [0.717, 1.165) is 37.4 Å². The highest BCUT2D eigenvalue weighted by Gasteiger charge is 2.28. The molecule has 10 heteroatoms. The molecule has 36 heavy (non-hydrogen) atoms. The number of carbonyl (C=O) groups excluding carboxylic acids is 2. The average molecular weight is 498 g/mol. The summed E-state index contributed by atoms with van der Waals surface area (Å²) in [4.78, 5) is 40.6. The molecule has 1 aromatic heterocycles. The van der Waals surface area contributed by atoms with Crippen LogP contribution in [-0.2, 0) is 14.3 Å². The fourth-order valence-corrected chi connectivity index (χ4v) is 4.92. The maximum absolute atomic E-state index is 12.9. The van der Waals surface area contributed by atoms with Crippen LogP contribution < -0.4 is 20.4 Å². The van der Waals surface area contributed by atoms with Gasteiger partial charge in [0.25, 0.3) is 0 Å². The van der Waals surface area contributed by atoms with E-state index in [4.69, 9.17) is 9.72 Å². The number of hydrogen-bond acceptors (Lipinski definition) is 9. The van der Waals surface area contributed by atoms with Crippen molar-refractivity contribution in [2.24, 2.45) is 5.92 Å². The summed E-state index contributed by atoms with van der Waals surface area (Å²) in [6.07, 6.45) is 8.55. The Morgan fingerprint density at radius 1 is 1.22 bits per heavy atom. The molecule has 4 rings (SSSR count). The van der Waals surface area contributed by atoms with Crippen LogP contribution in [0.25, 0.3) is 0 Å². The number of methoxy groups -OCH3 is 1. The Balaban J connectivity index is 1.44. The molecule has 196 valence electrons. The van der Waals surface area contributed by atoms with Gasteiger partial charge in [-0.1, -0.05) is 6.08 Å². The predicted molar refractivity (Wildman–Crippen MR) is 141 cm³/mol. The molecular formula is C26H39N7O3. The quantitative estimate of drug-likeness (QED) is 0.559. The van der Waals surface area contributed by atoms with Crippen LogP contribution in [0.3, 0.4) is 0 Å². The summed E-state index contributed by atoms with van der Waals surface area (Å²) in [6.45, 7) is 7.27. The number of Topliss-reactive ketones (excluding diaryl/α,β-unsaturated/α-hetero) is 1. The summed E-state index contributed by atoms with van der Waals surface area (Å²) in [6, 6.07) is 0.585. The molecule has 0 spiro atoms. The first-order chi connectivity index (χ1) is 17.3. The molecule has 10 nitrogen and oxygen atoms in total. The number of ether oxygens (including phenoxy) is 1. The first kappa shape index (κ1) is 26.1. The van der Waals surface area contributed by atoms with Crippen LogP contribution in [0.4, 0.5) is 17.5 Å². The number of fused-ring (bicyclic) bond motifs is 1. The third-order valence-electron chi connectivity index (χ3n) is 7.34. The minimum Gasteiger partial charge on any atom is -0.499 e. The van der Waals surface area contributed by atoms with Crippen LogP contribution in [0.5, 0.6) is 0 Å². The van der Waals surface area contributed by atoms with Crippen molar-refractivity contribution >= 4 is 29.1 Å². The number of nitrogens with one attached hydrogen (secondary N) is 2. The Kier molecular flexibility index (Phi) is 8.25. The summed E-state index contributed by atoms with van der Waals surface area (Å²) in [5.41, 5.74) is 1.43. The van der Waals surface area contributed by atoms with Crippen LogP contribution in [-0.4, -0.2) is 86.0 Å². The predicted octanol–water partition coefficient (Wildman–Crippen LogP) is 2.16. The SMILES string of the molecule is COC1=C(Nc2ncc3c(n2)N(C(C)C)CCC(=O)N3C)C=CC(C(=O)CNC2CCN(C)CC2)C1. The first-order valence-corrected chi connectivity index (χ1v) is 12.8. The van der Waals surface area contributed by atoms with Gasteiger partial charge in [-0.05, 0) is 52.9 Å². The van der Waals surface area contributed by atoms with E-state index in [1.807, 2.05) is 12.2 Å². The monoisotopic (exact) mass is 497 g/mol. The minimum atomic E-state index is -0.228. The standard InChI is InChI=1S/C26H39N7O3/c1-17(2)33-13-10-24(35)32(4)21-15-28-26(30-25(21)33)29-20-7-6-18(14-23(20)36-5)22(34)16-27-19-8-11-31(3)12-9-19/h6-7,15,17-19,27H,8-14,16H2,1-5H3,(H,28,29,30). The normalized spacial score (nSPS) is 21.6. The van der Waals surface area contributed by atoms with Crippen molar-refractivity contribution in [2.45, 2.75) is 51.6 Å². The summed E-state index contributed by atoms with van der Waals surface area (Å²) in [7, 11) is 5.51. The van der Waals surface area contributed by atoms with Gasteiger partial charge in [0.1, 0.15) is 11.4 Å².